The Morgan fingerprint density at radius 2 is 2.12 bits per heavy atom. The van der Waals surface area contributed by atoms with E-state index < -0.39 is 17.6 Å². The largest absolute Gasteiger partial charge is 0.481 e. The van der Waals surface area contributed by atoms with Crippen molar-refractivity contribution in [2.45, 2.75) is 45.3 Å². The Kier molecular flexibility index (Phi) is 3.91. The molecule has 2 N–H and O–H groups in total. The smallest absolute Gasteiger partial charge is 0.305 e. The van der Waals surface area contributed by atoms with Crippen LogP contribution in [-0.2, 0) is 14.3 Å². The Hall–Kier alpha value is -1.10. The van der Waals surface area contributed by atoms with Gasteiger partial charge in [-0.25, -0.2) is 0 Å². The first-order chi connectivity index (χ1) is 7.32. The highest BCUT2D eigenvalue weighted by Gasteiger charge is 2.34. The number of rotatable bonds is 4. The van der Waals surface area contributed by atoms with Crippen molar-refractivity contribution < 1.29 is 19.4 Å². The van der Waals surface area contributed by atoms with E-state index in [9.17, 15) is 9.59 Å². The third-order valence-corrected chi connectivity index (χ3v) is 2.70. The molecule has 0 saturated carbocycles. The minimum Gasteiger partial charge on any atom is -0.481 e. The second kappa shape index (κ2) is 4.82. The first-order valence-electron chi connectivity index (χ1n) is 5.47. The molecule has 0 aromatic carbocycles. The molecule has 0 aliphatic carbocycles. The van der Waals surface area contributed by atoms with E-state index in [4.69, 9.17) is 9.84 Å². The summed E-state index contributed by atoms with van der Waals surface area (Å²) in [4.78, 5) is 22.4. The highest BCUT2D eigenvalue weighted by molar-refractivity contribution is 5.82. The van der Waals surface area contributed by atoms with Crippen molar-refractivity contribution in [1.82, 2.24) is 5.32 Å². The number of carboxylic acids is 1. The molecule has 1 aliphatic rings. The number of ether oxygens (including phenoxy) is 1. The van der Waals surface area contributed by atoms with E-state index in [1.54, 1.807) is 13.8 Å². The first kappa shape index (κ1) is 13.0. The third-order valence-electron chi connectivity index (χ3n) is 2.70. The van der Waals surface area contributed by atoms with Crippen LogP contribution in [0, 0.1) is 5.92 Å². The summed E-state index contributed by atoms with van der Waals surface area (Å²) in [7, 11) is 0. The molecule has 1 aliphatic heterocycles. The maximum absolute atomic E-state index is 11.8. The summed E-state index contributed by atoms with van der Waals surface area (Å²) in [5.74, 6) is -0.942. The van der Waals surface area contributed by atoms with E-state index in [0.717, 1.165) is 6.42 Å². The summed E-state index contributed by atoms with van der Waals surface area (Å²) in [6, 6.07) is 0. The third kappa shape index (κ3) is 3.48. The van der Waals surface area contributed by atoms with E-state index in [2.05, 4.69) is 5.32 Å². The van der Waals surface area contributed by atoms with Crippen LogP contribution in [0.4, 0.5) is 0 Å². The quantitative estimate of drug-likeness (QED) is 0.747. The highest BCUT2D eigenvalue weighted by atomic mass is 16.5. The minimum atomic E-state index is -0.925. The van der Waals surface area contributed by atoms with E-state index in [1.807, 2.05) is 6.92 Å². The van der Waals surface area contributed by atoms with Crippen LogP contribution in [0.25, 0.3) is 0 Å². The van der Waals surface area contributed by atoms with Crippen molar-refractivity contribution in [1.29, 1.82) is 0 Å². The molecular weight excluding hydrogens is 210 g/mol. The van der Waals surface area contributed by atoms with Crippen molar-refractivity contribution in [3.05, 3.63) is 0 Å². The van der Waals surface area contributed by atoms with Gasteiger partial charge in [0.1, 0.15) is 6.10 Å². The normalized spacial score (nSPS) is 25.4. The van der Waals surface area contributed by atoms with Gasteiger partial charge in [-0.1, -0.05) is 6.92 Å². The summed E-state index contributed by atoms with van der Waals surface area (Å²) < 4.78 is 5.32. The van der Waals surface area contributed by atoms with Crippen LogP contribution >= 0.6 is 0 Å². The lowest BCUT2D eigenvalue weighted by Crippen LogP contribution is -2.49. The average molecular weight is 229 g/mol. The van der Waals surface area contributed by atoms with Crippen LogP contribution < -0.4 is 5.32 Å². The number of carboxylic acid groups (broad SMARTS) is 1. The zero-order valence-electron chi connectivity index (χ0n) is 9.95. The maximum Gasteiger partial charge on any atom is 0.305 e. The lowest BCUT2D eigenvalue weighted by atomic mass is 9.98. The fourth-order valence-corrected chi connectivity index (χ4v) is 1.86. The molecule has 1 rings (SSSR count). The van der Waals surface area contributed by atoms with E-state index in [0.29, 0.717) is 6.61 Å². The van der Waals surface area contributed by atoms with E-state index >= 15 is 0 Å². The lowest BCUT2D eigenvalue weighted by molar-refractivity contribution is -0.139. The van der Waals surface area contributed by atoms with E-state index in [1.165, 1.54) is 0 Å². The van der Waals surface area contributed by atoms with Crippen molar-refractivity contribution in [2.75, 3.05) is 6.61 Å². The molecule has 0 radical (unpaired) electrons. The number of amides is 1. The van der Waals surface area contributed by atoms with Gasteiger partial charge in [-0.3, -0.25) is 9.59 Å². The molecule has 1 heterocycles. The maximum atomic E-state index is 11.8. The summed E-state index contributed by atoms with van der Waals surface area (Å²) in [5, 5.41) is 11.4. The summed E-state index contributed by atoms with van der Waals surface area (Å²) in [6.45, 7) is 5.94. The molecule has 0 spiro atoms. The molecule has 16 heavy (non-hydrogen) atoms. The molecule has 0 aromatic heterocycles. The SMILES string of the molecule is CC1CCOC1C(=O)NC(C)(C)CC(=O)O. The molecule has 2 unspecified atom stereocenters. The fraction of sp³-hybridized carbons (Fsp3) is 0.818. The lowest BCUT2D eigenvalue weighted by Gasteiger charge is -2.26. The molecule has 1 saturated heterocycles. The first-order valence-corrected chi connectivity index (χ1v) is 5.47. The fourth-order valence-electron chi connectivity index (χ4n) is 1.86. The number of hydrogen-bond donors (Lipinski definition) is 2. The predicted octanol–water partition coefficient (Wildman–Crippen LogP) is 0.781. The van der Waals surface area contributed by atoms with Crippen molar-refractivity contribution >= 4 is 11.9 Å². The number of nitrogens with one attached hydrogen (secondary N) is 1. The summed E-state index contributed by atoms with van der Waals surface area (Å²) >= 11 is 0. The van der Waals surface area contributed by atoms with Gasteiger partial charge in [-0.2, -0.15) is 0 Å². The number of carbonyl (C=O) groups excluding carboxylic acids is 1. The molecule has 1 fully saturated rings. The number of carbonyl (C=O) groups is 2. The Labute approximate surface area is 95.2 Å². The Bertz CT molecular complexity index is 288. The summed E-state index contributed by atoms with van der Waals surface area (Å²) in [6.07, 6.45) is 0.338. The van der Waals surface area contributed by atoms with Gasteiger partial charge in [-0.05, 0) is 26.2 Å². The molecule has 1 amide bonds. The van der Waals surface area contributed by atoms with E-state index in [-0.39, 0.29) is 18.2 Å². The molecule has 92 valence electrons. The Morgan fingerprint density at radius 1 is 1.50 bits per heavy atom. The van der Waals surface area contributed by atoms with Gasteiger partial charge in [0.2, 0.25) is 5.91 Å². The second-order valence-electron chi connectivity index (χ2n) is 5.00. The van der Waals surface area contributed by atoms with Crippen LogP contribution in [0.15, 0.2) is 0 Å². The van der Waals surface area contributed by atoms with Gasteiger partial charge in [0.15, 0.2) is 0 Å². The standard InChI is InChI=1S/C11H19NO4/c1-7-4-5-16-9(7)10(15)12-11(2,3)6-8(13)14/h7,9H,4-6H2,1-3H3,(H,12,15)(H,13,14). The zero-order valence-corrected chi connectivity index (χ0v) is 9.95. The molecule has 5 heteroatoms. The van der Waals surface area contributed by atoms with Crippen molar-refractivity contribution in [3.8, 4) is 0 Å². The zero-order chi connectivity index (χ0) is 12.3. The Balaban J connectivity index is 2.52. The van der Waals surface area contributed by atoms with Crippen molar-refractivity contribution in [2.24, 2.45) is 5.92 Å². The highest BCUT2D eigenvalue weighted by Crippen LogP contribution is 2.21. The molecule has 5 nitrogen and oxygen atoms in total. The van der Waals surface area contributed by atoms with Crippen molar-refractivity contribution in [3.63, 3.8) is 0 Å². The van der Waals surface area contributed by atoms with Crippen LogP contribution in [-0.4, -0.2) is 35.2 Å². The number of aliphatic carboxylic acids is 1. The monoisotopic (exact) mass is 229 g/mol. The minimum absolute atomic E-state index is 0.0974. The van der Waals surface area contributed by atoms with Crippen LogP contribution in [0.2, 0.25) is 0 Å². The topological polar surface area (TPSA) is 75.6 Å². The van der Waals surface area contributed by atoms with Gasteiger partial charge in [0.25, 0.3) is 0 Å². The molecule has 0 bridgehead atoms. The summed E-state index contributed by atoms with van der Waals surface area (Å²) in [5.41, 5.74) is -0.741. The number of hydrogen-bond acceptors (Lipinski definition) is 3. The molecular formula is C11H19NO4. The van der Waals surface area contributed by atoms with Gasteiger partial charge >= 0.3 is 5.97 Å². The average Bonchev–Trinajstić information content (AvgIpc) is 2.47. The molecule has 0 aromatic rings. The molecule has 2 atom stereocenters. The van der Waals surface area contributed by atoms with Crippen LogP contribution in [0.3, 0.4) is 0 Å². The Morgan fingerprint density at radius 3 is 2.56 bits per heavy atom. The predicted molar refractivity (Wildman–Crippen MR) is 58.0 cm³/mol. The van der Waals surface area contributed by atoms with Gasteiger partial charge < -0.3 is 15.2 Å². The van der Waals surface area contributed by atoms with Crippen LogP contribution in [0.5, 0.6) is 0 Å². The van der Waals surface area contributed by atoms with Gasteiger partial charge in [0, 0.05) is 12.1 Å². The van der Waals surface area contributed by atoms with Crippen LogP contribution in [0.1, 0.15) is 33.6 Å². The second-order valence-corrected chi connectivity index (χ2v) is 5.00. The van der Waals surface area contributed by atoms with Gasteiger partial charge in [0.05, 0.1) is 6.42 Å². The van der Waals surface area contributed by atoms with Gasteiger partial charge in [-0.15, -0.1) is 0 Å².